The molecule has 0 spiro atoms. The summed E-state index contributed by atoms with van der Waals surface area (Å²) in [6.45, 7) is 2.67. The Morgan fingerprint density at radius 2 is 2.21 bits per heavy atom. The molecular formula is C14H14ClNO2S. The molecule has 0 saturated carbocycles. The van der Waals surface area contributed by atoms with Gasteiger partial charge in [-0.1, -0.05) is 11.6 Å². The first-order chi connectivity index (χ1) is 9.10. The van der Waals surface area contributed by atoms with E-state index < -0.39 is 0 Å². The highest BCUT2D eigenvalue weighted by Gasteiger charge is 2.07. The molecule has 0 amide bonds. The number of aryl methyl sites for hydroxylation is 1. The van der Waals surface area contributed by atoms with Gasteiger partial charge in [-0.2, -0.15) is 0 Å². The topological polar surface area (TPSA) is 38.3 Å². The maximum absolute atomic E-state index is 11.4. The molecule has 0 saturated heterocycles. The number of carbonyl (C=O) groups is 1. The van der Waals surface area contributed by atoms with Gasteiger partial charge < -0.3 is 10.1 Å². The van der Waals surface area contributed by atoms with Crippen molar-refractivity contribution in [3.05, 3.63) is 50.7 Å². The smallest absolute Gasteiger partial charge is 0.337 e. The van der Waals surface area contributed by atoms with Crippen molar-refractivity contribution >= 4 is 34.6 Å². The van der Waals surface area contributed by atoms with E-state index in [9.17, 15) is 4.79 Å². The first-order valence-electron chi connectivity index (χ1n) is 5.76. The van der Waals surface area contributed by atoms with E-state index in [-0.39, 0.29) is 5.97 Å². The van der Waals surface area contributed by atoms with Crippen LogP contribution < -0.4 is 5.32 Å². The molecule has 0 unspecified atom stereocenters. The van der Waals surface area contributed by atoms with Crippen molar-refractivity contribution in [3.63, 3.8) is 0 Å². The number of nitrogens with one attached hydrogen (secondary N) is 1. The van der Waals surface area contributed by atoms with Gasteiger partial charge in [0.05, 0.1) is 17.7 Å². The Kier molecular flexibility index (Phi) is 4.45. The van der Waals surface area contributed by atoms with Gasteiger partial charge in [-0.05, 0) is 36.8 Å². The largest absolute Gasteiger partial charge is 0.465 e. The molecule has 0 aliphatic rings. The van der Waals surface area contributed by atoms with Crippen molar-refractivity contribution in [2.45, 2.75) is 13.5 Å². The Hall–Kier alpha value is -1.52. The van der Waals surface area contributed by atoms with Crippen LogP contribution in [-0.2, 0) is 11.3 Å². The van der Waals surface area contributed by atoms with Crippen molar-refractivity contribution in [3.8, 4) is 0 Å². The fourth-order valence-corrected chi connectivity index (χ4v) is 2.75. The number of thiophene rings is 1. The second kappa shape index (κ2) is 6.08. The van der Waals surface area contributed by atoms with Crippen molar-refractivity contribution in [1.29, 1.82) is 0 Å². The zero-order valence-electron chi connectivity index (χ0n) is 10.7. The van der Waals surface area contributed by atoms with Gasteiger partial charge in [0, 0.05) is 22.5 Å². The molecule has 1 N–H and O–H groups in total. The molecule has 1 aromatic carbocycles. The Balaban J connectivity index is 2.07. The Morgan fingerprint density at radius 1 is 1.42 bits per heavy atom. The molecule has 0 atom stereocenters. The molecule has 19 heavy (non-hydrogen) atoms. The van der Waals surface area contributed by atoms with Crippen LogP contribution >= 0.6 is 22.9 Å². The molecule has 3 nitrogen and oxygen atoms in total. The van der Waals surface area contributed by atoms with Gasteiger partial charge in [0.25, 0.3) is 0 Å². The monoisotopic (exact) mass is 295 g/mol. The zero-order chi connectivity index (χ0) is 13.8. The van der Waals surface area contributed by atoms with Crippen LogP contribution in [0.25, 0.3) is 0 Å². The highest BCUT2D eigenvalue weighted by molar-refractivity contribution is 7.10. The number of rotatable bonds is 4. The van der Waals surface area contributed by atoms with Crippen LogP contribution in [0.3, 0.4) is 0 Å². The summed E-state index contributed by atoms with van der Waals surface area (Å²) in [6.07, 6.45) is 0. The lowest BCUT2D eigenvalue weighted by Crippen LogP contribution is -2.04. The lowest BCUT2D eigenvalue weighted by molar-refractivity contribution is 0.0600. The Labute approximate surface area is 121 Å². The van der Waals surface area contributed by atoms with Gasteiger partial charge in [-0.3, -0.25) is 0 Å². The van der Waals surface area contributed by atoms with Crippen LogP contribution in [0, 0.1) is 6.92 Å². The van der Waals surface area contributed by atoms with Crippen molar-refractivity contribution in [1.82, 2.24) is 0 Å². The minimum absolute atomic E-state index is 0.320. The molecule has 0 fully saturated rings. The lowest BCUT2D eigenvalue weighted by atomic mass is 10.1. The highest BCUT2D eigenvalue weighted by Crippen LogP contribution is 2.22. The van der Waals surface area contributed by atoms with E-state index in [0.29, 0.717) is 5.56 Å². The predicted molar refractivity (Wildman–Crippen MR) is 79.2 cm³/mol. The molecule has 0 bridgehead atoms. The van der Waals surface area contributed by atoms with Gasteiger partial charge >= 0.3 is 5.97 Å². The maximum atomic E-state index is 11.4. The normalized spacial score (nSPS) is 10.3. The lowest BCUT2D eigenvalue weighted by Gasteiger charge is -2.09. The first-order valence-corrected chi connectivity index (χ1v) is 7.01. The number of carbonyl (C=O) groups excluding carboxylic acids is 1. The average molecular weight is 296 g/mol. The summed E-state index contributed by atoms with van der Waals surface area (Å²) in [5, 5.41) is 6.00. The quantitative estimate of drug-likeness (QED) is 0.863. The summed E-state index contributed by atoms with van der Waals surface area (Å²) in [5.74, 6) is -0.320. The average Bonchev–Trinajstić information content (AvgIpc) is 2.82. The molecule has 0 aliphatic carbocycles. The fourth-order valence-electron chi connectivity index (χ4n) is 1.74. The molecule has 100 valence electrons. The summed E-state index contributed by atoms with van der Waals surface area (Å²) < 4.78 is 4.69. The summed E-state index contributed by atoms with van der Waals surface area (Å²) in [6, 6.07) is 7.40. The third-order valence-corrected chi connectivity index (χ3v) is 4.01. The predicted octanol–water partition coefficient (Wildman–Crippen LogP) is 4.11. The van der Waals surface area contributed by atoms with Gasteiger partial charge in [0.1, 0.15) is 0 Å². The third kappa shape index (κ3) is 3.49. The molecule has 0 radical (unpaired) electrons. The molecule has 2 rings (SSSR count). The first kappa shape index (κ1) is 13.9. The van der Waals surface area contributed by atoms with E-state index >= 15 is 0 Å². The summed E-state index contributed by atoms with van der Waals surface area (Å²) >= 11 is 7.49. The number of hydrogen-bond acceptors (Lipinski definition) is 4. The molecular weight excluding hydrogens is 282 g/mol. The SMILES string of the molecule is COC(=O)c1ccc(NCc2cc(Cl)cs2)c(C)c1. The van der Waals surface area contributed by atoms with Gasteiger partial charge in [-0.15, -0.1) is 11.3 Å². The van der Waals surface area contributed by atoms with Crippen LogP contribution in [0.2, 0.25) is 5.02 Å². The second-order valence-electron chi connectivity index (χ2n) is 4.11. The molecule has 1 aromatic heterocycles. The number of methoxy groups -OCH3 is 1. The summed E-state index contributed by atoms with van der Waals surface area (Å²) in [5.41, 5.74) is 2.56. The number of halogens is 1. The van der Waals surface area contributed by atoms with Crippen molar-refractivity contribution in [2.24, 2.45) is 0 Å². The minimum atomic E-state index is -0.320. The Morgan fingerprint density at radius 3 is 2.79 bits per heavy atom. The minimum Gasteiger partial charge on any atom is -0.465 e. The van der Waals surface area contributed by atoms with E-state index in [4.69, 9.17) is 16.3 Å². The fraction of sp³-hybridized carbons (Fsp3) is 0.214. The van der Waals surface area contributed by atoms with Crippen molar-refractivity contribution in [2.75, 3.05) is 12.4 Å². The number of hydrogen-bond donors (Lipinski definition) is 1. The van der Waals surface area contributed by atoms with Gasteiger partial charge in [0.15, 0.2) is 0 Å². The molecule has 2 aromatic rings. The number of anilines is 1. The van der Waals surface area contributed by atoms with E-state index in [2.05, 4.69) is 5.32 Å². The van der Waals surface area contributed by atoms with Crippen LogP contribution in [0.4, 0.5) is 5.69 Å². The highest BCUT2D eigenvalue weighted by atomic mass is 35.5. The standard InChI is InChI=1S/C14H14ClNO2S/c1-9-5-10(14(17)18-2)3-4-13(9)16-7-12-6-11(15)8-19-12/h3-6,8,16H,7H2,1-2H3. The second-order valence-corrected chi connectivity index (χ2v) is 5.54. The zero-order valence-corrected chi connectivity index (χ0v) is 12.3. The van der Waals surface area contributed by atoms with E-state index in [1.807, 2.05) is 30.5 Å². The van der Waals surface area contributed by atoms with E-state index in [1.165, 1.54) is 12.0 Å². The van der Waals surface area contributed by atoms with Crippen LogP contribution in [0.15, 0.2) is 29.6 Å². The van der Waals surface area contributed by atoms with Crippen LogP contribution in [0.5, 0.6) is 0 Å². The van der Waals surface area contributed by atoms with Gasteiger partial charge in [0.2, 0.25) is 0 Å². The van der Waals surface area contributed by atoms with Crippen molar-refractivity contribution < 1.29 is 9.53 Å². The van der Waals surface area contributed by atoms with Crippen LogP contribution in [-0.4, -0.2) is 13.1 Å². The third-order valence-electron chi connectivity index (χ3n) is 2.72. The molecule has 1 heterocycles. The molecule has 5 heteroatoms. The van der Waals surface area contributed by atoms with E-state index in [1.54, 1.807) is 17.4 Å². The number of ether oxygens (including phenoxy) is 1. The van der Waals surface area contributed by atoms with E-state index in [0.717, 1.165) is 22.8 Å². The number of benzene rings is 1. The van der Waals surface area contributed by atoms with Gasteiger partial charge in [-0.25, -0.2) is 4.79 Å². The number of esters is 1. The Bertz CT molecular complexity index is 595. The molecule has 0 aliphatic heterocycles. The summed E-state index contributed by atoms with van der Waals surface area (Å²) in [4.78, 5) is 12.6. The summed E-state index contributed by atoms with van der Waals surface area (Å²) in [7, 11) is 1.38. The van der Waals surface area contributed by atoms with Crippen LogP contribution in [0.1, 0.15) is 20.8 Å². The maximum Gasteiger partial charge on any atom is 0.337 e.